The summed E-state index contributed by atoms with van der Waals surface area (Å²) in [7, 11) is 0. The largest absolute Gasteiger partial charge is 0.324 e. The van der Waals surface area contributed by atoms with E-state index in [1.807, 2.05) is 12.1 Å². The lowest BCUT2D eigenvalue weighted by molar-refractivity contribution is 0.405. The summed E-state index contributed by atoms with van der Waals surface area (Å²) in [4.78, 5) is 0. The number of hydrogen-bond donors (Lipinski definition) is 1. The molecule has 0 heterocycles. The number of rotatable bonds is 4. The molecule has 2 heteroatoms. The molecule has 2 N–H and O–H groups in total. The van der Waals surface area contributed by atoms with Gasteiger partial charge in [-0.3, -0.25) is 0 Å². The van der Waals surface area contributed by atoms with Crippen molar-refractivity contribution in [2.45, 2.75) is 39.7 Å². The second-order valence-corrected chi connectivity index (χ2v) is 4.60. The average Bonchev–Trinajstić information content (AvgIpc) is 2.18. The van der Waals surface area contributed by atoms with E-state index in [0.29, 0.717) is 5.92 Å². The number of halogens is 1. The SMILES string of the molecule is CCC(CC)C(N)c1cc(C)cc(Cl)c1. The van der Waals surface area contributed by atoms with Gasteiger partial charge in [0.05, 0.1) is 0 Å². The Bertz CT molecular complexity index is 298. The van der Waals surface area contributed by atoms with E-state index < -0.39 is 0 Å². The van der Waals surface area contributed by atoms with Crippen molar-refractivity contribution in [3.8, 4) is 0 Å². The van der Waals surface area contributed by atoms with Gasteiger partial charge in [0.2, 0.25) is 0 Å². The fourth-order valence-electron chi connectivity index (χ4n) is 2.03. The Hall–Kier alpha value is -0.530. The van der Waals surface area contributed by atoms with E-state index >= 15 is 0 Å². The van der Waals surface area contributed by atoms with Crippen molar-refractivity contribution >= 4 is 11.6 Å². The lowest BCUT2D eigenvalue weighted by Crippen LogP contribution is -2.20. The summed E-state index contributed by atoms with van der Waals surface area (Å²) in [6.45, 7) is 6.42. The maximum atomic E-state index is 6.24. The molecule has 1 atom stereocenters. The normalized spacial score (nSPS) is 13.2. The van der Waals surface area contributed by atoms with Crippen LogP contribution in [0.25, 0.3) is 0 Å². The van der Waals surface area contributed by atoms with Crippen LogP contribution in [-0.2, 0) is 0 Å². The molecule has 0 saturated heterocycles. The Morgan fingerprint density at radius 3 is 2.27 bits per heavy atom. The minimum atomic E-state index is 0.109. The maximum Gasteiger partial charge on any atom is 0.0411 e. The lowest BCUT2D eigenvalue weighted by Gasteiger charge is -2.22. The van der Waals surface area contributed by atoms with Crippen molar-refractivity contribution in [3.63, 3.8) is 0 Å². The van der Waals surface area contributed by atoms with E-state index in [1.54, 1.807) is 0 Å². The molecule has 0 fully saturated rings. The molecule has 1 aromatic rings. The van der Waals surface area contributed by atoms with Gasteiger partial charge in [-0.15, -0.1) is 0 Å². The third-order valence-corrected chi connectivity index (χ3v) is 3.22. The molecule has 0 amide bonds. The zero-order valence-electron chi connectivity index (χ0n) is 9.76. The number of aryl methyl sites for hydroxylation is 1. The molecule has 0 aliphatic carbocycles. The molecule has 1 rings (SSSR count). The van der Waals surface area contributed by atoms with Crippen LogP contribution in [0.4, 0.5) is 0 Å². The lowest BCUT2D eigenvalue weighted by atomic mass is 9.89. The molecule has 84 valence electrons. The predicted molar refractivity (Wildman–Crippen MR) is 67.2 cm³/mol. The Labute approximate surface area is 97.6 Å². The highest BCUT2D eigenvalue weighted by molar-refractivity contribution is 6.30. The standard InChI is InChI=1S/C13H20ClN/c1-4-10(5-2)13(15)11-6-9(3)7-12(14)8-11/h6-8,10,13H,4-5,15H2,1-3H3. The molecule has 0 aliphatic rings. The van der Waals surface area contributed by atoms with E-state index in [4.69, 9.17) is 17.3 Å². The Balaban J connectivity index is 2.94. The van der Waals surface area contributed by atoms with E-state index in [1.165, 1.54) is 5.56 Å². The van der Waals surface area contributed by atoms with Crippen molar-refractivity contribution in [2.75, 3.05) is 0 Å². The summed E-state index contributed by atoms with van der Waals surface area (Å²) in [5.41, 5.74) is 8.58. The molecule has 1 unspecified atom stereocenters. The third-order valence-electron chi connectivity index (χ3n) is 3.01. The van der Waals surface area contributed by atoms with E-state index in [-0.39, 0.29) is 6.04 Å². The highest BCUT2D eigenvalue weighted by Gasteiger charge is 2.16. The van der Waals surface area contributed by atoms with Crippen LogP contribution < -0.4 is 5.73 Å². The van der Waals surface area contributed by atoms with Crippen LogP contribution in [0.3, 0.4) is 0 Å². The van der Waals surface area contributed by atoms with E-state index in [2.05, 4.69) is 26.8 Å². The second-order valence-electron chi connectivity index (χ2n) is 4.16. The Kier molecular flexibility index (Phi) is 4.62. The van der Waals surface area contributed by atoms with Gasteiger partial charge in [-0.2, -0.15) is 0 Å². The average molecular weight is 226 g/mol. The van der Waals surface area contributed by atoms with Crippen molar-refractivity contribution in [2.24, 2.45) is 11.7 Å². The van der Waals surface area contributed by atoms with Gasteiger partial charge in [0.1, 0.15) is 0 Å². The highest BCUT2D eigenvalue weighted by atomic mass is 35.5. The monoisotopic (exact) mass is 225 g/mol. The summed E-state index contributed by atoms with van der Waals surface area (Å²) in [6, 6.07) is 6.19. The molecule has 0 aliphatic heterocycles. The molecule has 0 bridgehead atoms. The van der Waals surface area contributed by atoms with Gasteiger partial charge in [-0.05, 0) is 36.1 Å². The zero-order valence-corrected chi connectivity index (χ0v) is 10.5. The Morgan fingerprint density at radius 2 is 1.80 bits per heavy atom. The van der Waals surface area contributed by atoms with E-state index in [0.717, 1.165) is 23.4 Å². The van der Waals surface area contributed by atoms with Gasteiger partial charge in [0.15, 0.2) is 0 Å². The van der Waals surface area contributed by atoms with Gasteiger partial charge >= 0.3 is 0 Å². The third kappa shape index (κ3) is 3.22. The zero-order chi connectivity index (χ0) is 11.4. The van der Waals surface area contributed by atoms with Crippen LogP contribution in [0.15, 0.2) is 18.2 Å². The molecule has 1 aromatic carbocycles. The first-order valence-corrected chi connectivity index (χ1v) is 5.99. The van der Waals surface area contributed by atoms with Crippen molar-refractivity contribution < 1.29 is 0 Å². The first kappa shape index (κ1) is 12.5. The van der Waals surface area contributed by atoms with Crippen molar-refractivity contribution in [3.05, 3.63) is 34.3 Å². The molecule has 0 saturated carbocycles. The van der Waals surface area contributed by atoms with Crippen LogP contribution in [0.5, 0.6) is 0 Å². The molecule has 15 heavy (non-hydrogen) atoms. The van der Waals surface area contributed by atoms with Gasteiger partial charge in [-0.25, -0.2) is 0 Å². The first-order chi connectivity index (χ1) is 7.08. The Morgan fingerprint density at radius 1 is 1.20 bits per heavy atom. The predicted octanol–water partition coefficient (Wildman–Crippen LogP) is 4.08. The van der Waals surface area contributed by atoms with Crippen LogP contribution in [0, 0.1) is 12.8 Å². The summed E-state index contributed by atoms with van der Waals surface area (Å²) in [6.07, 6.45) is 2.23. The van der Waals surface area contributed by atoms with Gasteiger partial charge < -0.3 is 5.73 Å². The number of benzene rings is 1. The van der Waals surface area contributed by atoms with E-state index in [9.17, 15) is 0 Å². The first-order valence-electron chi connectivity index (χ1n) is 5.61. The molecule has 0 radical (unpaired) electrons. The summed E-state index contributed by atoms with van der Waals surface area (Å²) in [5.74, 6) is 0.544. The number of hydrogen-bond acceptors (Lipinski definition) is 1. The maximum absolute atomic E-state index is 6.24. The second kappa shape index (κ2) is 5.53. The van der Waals surface area contributed by atoms with Crippen LogP contribution in [0.1, 0.15) is 43.9 Å². The van der Waals surface area contributed by atoms with Crippen molar-refractivity contribution in [1.29, 1.82) is 0 Å². The van der Waals surface area contributed by atoms with Crippen LogP contribution in [0.2, 0.25) is 5.02 Å². The summed E-state index contributed by atoms with van der Waals surface area (Å²) in [5, 5.41) is 0.784. The minimum absolute atomic E-state index is 0.109. The van der Waals surface area contributed by atoms with Gasteiger partial charge in [-0.1, -0.05) is 44.4 Å². The smallest absolute Gasteiger partial charge is 0.0411 e. The molecule has 0 spiro atoms. The summed E-state index contributed by atoms with van der Waals surface area (Å²) >= 11 is 6.03. The summed E-state index contributed by atoms with van der Waals surface area (Å²) < 4.78 is 0. The van der Waals surface area contributed by atoms with Crippen LogP contribution >= 0.6 is 11.6 Å². The van der Waals surface area contributed by atoms with Crippen molar-refractivity contribution in [1.82, 2.24) is 0 Å². The van der Waals surface area contributed by atoms with Gasteiger partial charge in [0.25, 0.3) is 0 Å². The topological polar surface area (TPSA) is 26.0 Å². The van der Waals surface area contributed by atoms with Crippen LogP contribution in [-0.4, -0.2) is 0 Å². The number of nitrogens with two attached hydrogens (primary N) is 1. The molecule has 1 nitrogen and oxygen atoms in total. The minimum Gasteiger partial charge on any atom is -0.324 e. The van der Waals surface area contributed by atoms with Gasteiger partial charge in [0, 0.05) is 11.1 Å². The molecular weight excluding hydrogens is 206 g/mol. The quantitative estimate of drug-likeness (QED) is 0.821. The molecular formula is C13H20ClN. The highest BCUT2D eigenvalue weighted by Crippen LogP contribution is 2.27. The fraction of sp³-hybridized carbons (Fsp3) is 0.538. The fourth-order valence-corrected chi connectivity index (χ4v) is 2.32. The molecule has 0 aromatic heterocycles.